The SMILES string of the molecule is Cc1cc(S)c([N+](=O)[O-])cc1C. The fraction of sp³-hybridized carbons (Fsp3) is 0.250. The number of aryl methyl sites for hydroxylation is 2. The van der Waals surface area contributed by atoms with Gasteiger partial charge in [0.15, 0.2) is 0 Å². The quantitative estimate of drug-likeness (QED) is 0.413. The molecule has 0 spiro atoms. The molecular weight excluding hydrogens is 174 g/mol. The van der Waals surface area contributed by atoms with Gasteiger partial charge in [-0.25, -0.2) is 0 Å². The van der Waals surface area contributed by atoms with Crippen molar-refractivity contribution in [3.05, 3.63) is 33.4 Å². The lowest BCUT2D eigenvalue weighted by Crippen LogP contribution is -1.92. The van der Waals surface area contributed by atoms with Gasteiger partial charge in [0.05, 0.1) is 9.82 Å². The molecule has 0 radical (unpaired) electrons. The van der Waals surface area contributed by atoms with E-state index in [-0.39, 0.29) is 5.69 Å². The van der Waals surface area contributed by atoms with Gasteiger partial charge in [-0.15, -0.1) is 12.6 Å². The minimum atomic E-state index is -0.422. The van der Waals surface area contributed by atoms with E-state index in [2.05, 4.69) is 12.6 Å². The smallest absolute Gasteiger partial charge is 0.258 e. The fourth-order valence-corrected chi connectivity index (χ4v) is 1.27. The molecule has 0 amide bonds. The van der Waals surface area contributed by atoms with Gasteiger partial charge in [0.25, 0.3) is 5.69 Å². The van der Waals surface area contributed by atoms with Crippen LogP contribution < -0.4 is 0 Å². The molecule has 0 saturated heterocycles. The Hall–Kier alpha value is -1.03. The summed E-state index contributed by atoms with van der Waals surface area (Å²) in [5.74, 6) is 0. The number of nitrogens with zero attached hydrogens (tertiary/aromatic N) is 1. The van der Waals surface area contributed by atoms with Gasteiger partial charge in [-0.05, 0) is 31.0 Å². The zero-order valence-electron chi connectivity index (χ0n) is 6.87. The third-order valence-corrected chi connectivity index (χ3v) is 2.15. The summed E-state index contributed by atoms with van der Waals surface area (Å²) >= 11 is 4.01. The summed E-state index contributed by atoms with van der Waals surface area (Å²) in [4.78, 5) is 10.4. The number of hydrogen-bond acceptors (Lipinski definition) is 3. The van der Waals surface area contributed by atoms with Crippen LogP contribution in [0.1, 0.15) is 11.1 Å². The lowest BCUT2D eigenvalue weighted by Gasteiger charge is -2.01. The Morgan fingerprint density at radius 3 is 2.33 bits per heavy atom. The molecule has 0 aromatic heterocycles. The maximum atomic E-state index is 10.4. The third-order valence-electron chi connectivity index (χ3n) is 1.79. The van der Waals surface area contributed by atoms with E-state index in [1.807, 2.05) is 13.8 Å². The summed E-state index contributed by atoms with van der Waals surface area (Å²) in [6, 6.07) is 3.24. The van der Waals surface area contributed by atoms with E-state index in [9.17, 15) is 10.1 Å². The Morgan fingerprint density at radius 2 is 1.83 bits per heavy atom. The fourth-order valence-electron chi connectivity index (χ4n) is 0.932. The van der Waals surface area contributed by atoms with Crippen molar-refractivity contribution in [2.75, 3.05) is 0 Å². The minimum absolute atomic E-state index is 0.0708. The molecule has 0 aliphatic carbocycles. The normalized spacial score (nSPS) is 9.92. The molecule has 0 saturated carbocycles. The highest BCUT2D eigenvalue weighted by atomic mass is 32.1. The van der Waals surface area contributed by atoms with Crippen molar-refractivity contribution >= 4 is 18.3 Å². The van der Waals surface area contributed by atoms with Gasteiger partial charge in [0.2, 0.25) is 0 Å². The first kappa shape index (κ1) is 9.06. The zero-order valence-corrected chi connectivity index (χ0v) is 7.76. The molecule has 4 heteroatoms. The van der Waals surface area contributed by atoms with E-state index in [1.54, 1.807) is 6.07 Å². The largest absolute Gasteiger partial charge is 0.282 e. The Labute approximate surface area is 76.0 Å². The number of nitro groups is 1. The third kappa shape index (κ3) is 1.58. The van der Waals surface area contributed by atoms with Crippen LogP contribution in [0, 0.1) is 24.0 Å². The van der Waals surface area contributed by atoms with Crippen molar-refractivity contribution in [3.63, 3.8) is 0 Å². The molecule has 1 rings (SSSR count). The van der Waals surface area contributed by atoms with Crippen LogP contribution in [0.2, 0.25) is 0 Å². The summed E-state index contributed by atoms with van der Waals surface area (Å²) < 4.78 is 0. The first-order chi connectivity index (χ1) is 5.52. The lowest BCUT2D eigenvalue weighted by molar-refractivity contribution is -0.387. The molecular formula is C8H9NO2S. The summed E-state index contributed by atoms with van der Waals surface area (Å²) in [6.45, 7) is 3.74. The van der Waals surface area contributed by atoms with Crippen molar-refractivity contribution in [3.8, 4) is 0 Å². The van der Waals surface area contributed by atoms with Crippen LogP contribution >= 0.6 is 12.6 Å². The Bertz CT molecular complexity index is 336. The molecule has 3 nitrogen and oxygen atoms in total. The van der Waals surface area contributed by atoms with Crippen molar-refractivity contribution < 1.29 is 4.92 Å². The van der Waals surface area contributed by atoms with Gasteiger partial charge >= 0.3 is 0 Å². The lowest BCUT2D eigenvalue weighted by atomic mass is 10.1. The summed E-state index contributed by atoms with van der Waals surface area (Å²) in [6.07, 6.45) is 0. The van der Waals surface area contributed by atoms with E-state index >= 15 is 0 Å². The van der Waals surface area contributed by atoms with Crippen LogP contribution in [-0.2, 0) is 0 Å². The van der Waals surface area contributed by atoms with Gasteiger partial charge in [-0.3, -0.25) is 10.1 Å². The van der Waals surface area contributed by atoms with Crippen molar-refractivity contribution in [1.29, 1.82) is 0 Å². The first-order valence-corrected chi connectivity index (χ1v) is 3.91. The summed E-state index contributed by atoms with van der Waals surface area (Å²) in [7, 11) is 0. The molecule has 12 heavy (non-hydrogen) atoms. The van der Waals surface area contributed by atoms with Crippen LogP contribution in [0.5, 0.6) is 0 Å². The number of thiol groups is 1. The predicted molar refractivity (Wildman–Crippen MR) is 49.8 cm³/mol. The average Bonchev–Trinajstić information content (AvgIpc) is 1.96. The highest BCUT2D eigenvalue weighted by Crippen LogP contribution is 2.25. The van der Waals surface area contributed by atoms with Crippen LogP contribution in [0.3, 0.4) is 0 Å². The van der Waals surface area contributed by atoms with Crippen molar-refractivity contribution in [2.45, 2.75) is 18.7 Å². The molecule has 1 aromatic carbocycles. The summed E-state index contributed by atoms with van der Waals surface area (Å²) in [5.41, 5.74) is 2.01. The molecule has 0 aliphatic heterocycles. The van der Waals surface area contributed by atoms with E-state index in [1.165, 1.54) is 6.07 Å². The van der Waals surface area contributed by atoms with Crippen LogP contribution in [0.15, 0.2) is 17.0 Å². The molecule has 1 aromatic rings. The molecule has 0 fully saturated rings. The van der Waals surface area contributed by atoms with E-state index in [4.69, 9.17) is 0 Å². The second-order valence-electron chi connectivity index (χ2n) is 2.68. The van der Waals surface area contributed by atoms with Gasteiger partial charge in [-0.2, -0.15) is 0 Å². The standard InChI is InChI=1S/C8H9NO2S/c1-5-3-7(9(10)11)8(12)4-6(5)2/h3-4,12H,1-2H3. The maximum Gasteiger partial charge on any atom is 0.282 e. The first-order valence-electron chi connectivity index (χ1n) is 3.47. The zero-order chi connectivity index (χ0) is 9.30. The van der Waals surface area contributed by atoms with Gasteiger partial charge in [0.1, 0.15) is 0 Å². The van der Waals surface area contributed by atoms with Gasteiger partial charge < -0.3 is 0 Å². The molecule has 0 bridgehead atoms. The Balaban J connectivity index is 3.33. The number of hydrogen-bond donors (Lipinski definition) is 1. The highest BCUT2D eigenvalue weighted by Gasteiger charge is 2.11. The molecule has 0 heterocycles. The van der Waals surface area contributed by atoms with Crippen LogP contribution in [0.4, 0.5) is 5.69 Å². The summed E-state index contributed by atoms with van der Waals surface area (Å²) in [5, 5.41) is 10.4. The second-order valence-corrected chi connectivity index (χ2v) is 3.16. The van der Waals surface area contributed by atoms with Crippen molar-refractivity contribution in [1.82, 2.24) is 0 Å². The maximum absolute atomic E-state index is 10.4. The molecule has 0 aliphatic rings. The topological polar surface area (TPSA) is 43.1 Å². The van der Waals surface area contributed by atoms with E-state index < -0.39 is 4.92 Å². The van der Waals surface area contributed by atoms with Crippen molar-refractivity contribution in [2.24, 2.45) is 0 Å². The van der Waals surface area contributed by atoms with Gasteiger partial charge in [0, 0.05) is 6.07 Å². The molecule has 0 atom stereocenters. The molecule has 64 valence electrons. The minimum Gasteiger partial charge on any atom is -0.258 e. The second kappa shape index (κ2) is 3.15. The number of rotatable bonds is 1. The van der Waals surface area contributed by atoms with Crippen LogP contribution in [-0.4, -0.2) is 4.92 Å². The van der Waals surface area contributed by atoms with E-state index in [0.717, 1.165) is 11.1 Å². The molecule has 0 unspecified atom stereocenters. The Morgan fingerprint density at radius 1 is 1.33 bits per heavy atom. The highest BCUT2D eigenvalue weighted by molar-refractivity contribution is 7.80. The monoisotopic (exact) mass is 183 g/mol. The van der Waals surface area contributed by atoms with Crippen LogP contribution in [0.25, 0.3) is 0 Å². The predicted octanol–water partition coefficient (Wildman–Crippen LogP) is 2.50. The van der Waals surface area contributed by atoms with E-state index in [0.29, 0.717) is 4.90 Å². The molecule has 0 N–H and O–H groups in total. The van der Waals surface area contributed by atoms with Gasteiger partial charge in [-0.1, -0.05) is 0 Å². The number of benzene rings is 1. The Kier molecular flexibility index (Phi) is 2.38. The average molecular weight is 183 g/mol. The number of nitro benzene ring substituents is 1.